The largest absolute Gasteiger partial charge is 0.508 e. The summed E-state index contributed by atoms with van der Waals surface area (Å²) in [5.74, 6) is -7.96. The molecular formula is C21H21N3O9. The van der Waals surface area contributed by atoms with Gasteiger partial charge in [-0.2, -0.15) is 0 Å². The fourth-order valence-corrected chi connectivity index (χ4v) is 5.40. The number of fused-ring (bicyclic) bond motifs is 3. The second-order valence-electron chi connectivity index (χ2n) is 8.68. The number of ketones is 2. The summed E-state index contributed by atoms with van der Waals surface area (Å²) < 4.78 is 0. The SMILES string of the molecule is CN(C)[C@@H]1C(=O)C(C(N)=O)=C(O)[C@@]2(O)C(=O)C3=C(O)c4c(O)ccc([N+](=O)[O-])c4C[C@H]3C[C@H]12. The molecule has 174 valence electrons. The lowest BCUT2D eigenvalue weighted by atomic mass is 9.57. The number of nitrogens with two attached hydrogens (primary N) is 1. The molecule has 0 bridgehead atoms. The molecule has 12 nitrogen and oxygen atoms in total. The number of phenolic OH excluding ortho intramolecular Hbond substituents is 1. The topological polar surface area (TPSA) is 205 Å². The summed E-state index contributed by atoms with van der Waals surface area (Å²) in [6.45, 7) is 0. The van der Waals surface area contributed by atoms with Crippen LogP contribution >= 0.6 is 0 Å². The van der Waals surface area contributed by atoms with Gasteiger partial charge in [0.25, 0.3) is 11.6 Å². The van der Waals surface area contributed by atoms with Gasteiger partial charge >= 0.3 is 0 Å². The third-order valence-electron chi connectivity index (χ3n) is 6.78. The minimum atomic E-state index is -2.75. The molecule has 3 aliphatic rings. The van der Waals surface area contributed by atoms with Gasteiger partial charge in [-0.3, -0.25) is 29.4 Å². The summed E-state index contributed by atoms with van der Waals surface area (Å²) >= 11 is 0. The third kappa shape index (κ3) is 2.80. The molecule has 4 atom stereocenters. The first kappa shape index (κ1) is 22.4. The van der Waals surface area contributed by atoms with E-state index in [2.05, 4.69) is 0 Å². The maximum Gasteiger partial charge on any atom is 0.273 e. The van der Waals surface area contributed by atoms with E-state index in [0.29, 0.717) is 0 Å². The smallest absolute Gasteiger partial charge is 0.273 e. The number of likely N-dealkylation sites (N-methyl/N-ethyl adjacent to an activating group) is 1. The van der Waals surface area contributed by atoms with Crippen molar-refractivity contribution in [3.8, 4) is 5.75 Å². The number of primary amides is 1. The number of aliphatic hydroxyl groups is 3. The van der Waals surface area contributed by atoms with Crippen LogP contribution in [0.4, 0.5) is 5.69 Å². The average molecular weight is 459 g/mol. The van der Waals surface area contributed by atoms with Crippen molar-refractivity contribution in [1.82, 2.24) is 4.90 Å². The standard InChI is InChI=1S/C21H21N3O9/c1-23(2)15-9-6-7-5-8-10(24(32)33)3-4-11(25)13(8)16(26)12(7)18(28)21(9,31)19(29)14(17(15)27)20(22)30/h3-4,7,9,15,25-26,29,31H,5-6H2,1-2H3,(H2,22,30)/t7-,9+,15-,21-/m0/s1. The summed E-state index contributed by atoms with van der Waals surface area (Å²) in [5.41, 5.74) is 0.543. The number of nitro benzene ring substituents is 1. The fourth-order valence-electron chi connectivity index (χ4n) is 5.40. The van der Waals surface area contributed by atoms with Crippen LogP contribution in [0.3, 0.4) is 0 Å². The maximum absolute atomic E-state index is 13.6. The number of phenols is 1. The Bertz CT molecular complexity index is 1220. The predicted molar refractivity (Wildman–Crippen MR) is 111 cm³/mol. The van der Waals surface area contributed by atoms with E-state index < -0.39 is 68.7 Å². The quantitative estimate of drug-likeness (QED) is 0.230. The Morgan fingerprint density at radius 2 is 1.88 bits per heavy atom. The molecule has 33 heavy (non-hydrogen) atoms. The first-order chi connectivity index (χ1) is 15.3. The van der Waals surface area contributed by atoms with Crippen LogP contribution in [-0.2, 0) is 20.8 Å². The number of aliphatic hydroxyl groups excluding tert-OH is 2. The van der Waals surface area contributed by atoms with Crippen molar-refractivity contribution >= 4 is 28.9 Å². The first-order valence-electron chi connectivity index (χ1n) is 9.98. The van der Waals surface area contributed by atoms with Gasteiger partial charge in [-0.15, -0.1) is 0 Å². The van der Waals surface area contributed by atoms with E-state index >= 15 is 0 Å². The summed E-state index contributed by atoms with van der Waals surface area (Å²) in [4.78, 5) is 50.6. The van der Waals surface area contributed by atoms with Crippen molar-refractivity contribution in [2.45, 2.75) is 24.5 Å². The molecule has 0 radical (unpaired) electrons. The van der Waals surface area contributed by atoms with Crippen molar-refractivity contribution in [3.63, 3.8) is 0 Å². The monoisotopic (exact) mass is 459 g/mol. The number of benzene rings is 1. The predicted octanol–water partition coefficient (Wildman–Crippen LogP) is -0.128. The molecule has 0 aliphatic heterocycles. The number of aromatic hydroxyl groups is 1. The van der Waals surface area contributed by atoms with Gasteiger partial charge in [0.2, 0.25) is 5.78 Å². The van der Waals surface area contributed by atoms with Crippen LogP contribution in [0.1, 0.15) is 17.5 Å². The van der Waals surface area contributed by atoms with E-state index in [4.69, 9.17) is 5.73 Å². The average Bonchev–Trinajstić information content (AvgIpc) is 2.70. The lowest BCUT2D eigenvalue weighted by molar-refractivity contribution is -0.385. The van der Waals surface area contributed by atoms with Gasteiger partial charge in [-0.1, -0.05) is 0 Å². The molecule has 1 aromatic carbocycles. The molecule has 1 saturated carbocycles. The van der Waals surface area contributed by atoms with E-state index in [1.807, 2.05) is 0 Å². The number of carbonyl (C=O) groups excluding carboxylic acids is 3. The number of hydrogen-bond acceptors (Lipinski definition) is 10. The Balaban J connectivity index is 2.00. The zero-order chi connectivity index (χ0) is 24.6. The Morgan fingerprint density at radius 3 is 2.42 bits per heavy atom. The molecule has 4 rings (SSSR count). The second-order valence-corrected chi connectivity index (χ2v) is 8.68. The van der Waals surface area contributed by atoms with E-state index in [9.17, 15) is 44.9 Å². The van der Waals surface area contributed by atoms with Crippen LogP contribution in [-0.4, -0.2) is 73.5 Å². The normalized spacial score (nSPS) is 29.0. The molecule has 0 aromatic heterocycles. The Kier molecular flexibility index (Phi) is 4.84. The molecule has 0 heterocycles. The van der Waals surface area contributed by atoms with Crippen LogP contribution in [0, 0.1) is 22.0 Å². The van der Waals surface area contributed by atoms with Gasteiger partial charge in [0, 0.05) is 23.1 Å². The van der Waals surface area contributed by atoms with Crippen LogP contribution in [0.5, 0.6) is 5.75 Å². The highest BCUT2D eigenvalue weighted by Crippen LogP contribution is 2.53. The Hall–Kier alpha value is -3.77. The van der Waals surface area contributed by atoms with Gasteiger partial charge in [0.05, 0.1) is 16.5 Å². The first-order valence-corrected chi connectivity index (χ1v) is 9.98. The van der Waals surface area contributed by atoms with Gasteiger partial charge in [0.1, 0.15) is 22.8 Å². The summed E-state index contributed by atoms with van der Waals surface area (Å²) in [5, 5.41) is 54.8. The fraction of sp³-hybridized carbons (Fsp3) is 0.381. The molecule has 1 aromatic rings. The van der Waals surface area contributed by atoms with Crippen LogP contribution < -0.4 is 5.73 Å². The minimum absolute atomic E-state index is 0.00520. The number of Topliss-reactive ketones (excluding diaryl/α,β-unsaturated/α-hetero) is 2. The minimum Gasteiger partial charge on any atom is -0.508 e. The van der Waals surface area contributed by atoms with Crippen molar-refractivity contribution < 1.29 is 39.7 Å². The van der Waals surface area contributed by atoms with E-state index in [0.717, 1.165) is 12.1 Å². The molecule has 0 unspecified atom stereocenters. The van der Waals surface area contributed by atoms with E-state index in [-0.39, 0.29) is 35.2 Å². The molecule has 0 saturated heterocycles. The summed E-state index contributed by atoms with van der Waals surface area (Å²) in [6.07, 6.45) is -0.280. The van der Waals surface area contributed by atoms with Gasteiger partial charge in [0.15, 0.2) is 11.4 Å². The third-order valence-corrected chi connectivity index (χ3v) is 6.78. The Morgan fingerprint density at radius 1 is 1.24 bits per heavy atom. The highest BCUT2D eigenvalue weighted by atomic mass is 16.6. The number of nitro groups is 1. The lowest BCUT2D eigenvalue weighted by Crippen LogP contribution is -2.65. The lowest BCUT2D eigenvalue weighted by Gasteiger charge is -2.50. The molecule has 0 spiro atoms. The molecular weight excluding hydrogens is 438 g/mol. The number of hydrogen-bond donors (Lipinski definition) is 5. The van der Waals surface area contributed by atoms with Crippen LogP contribution in [0.2, 0.25) is 0 Å². The zero-order valence-electron chi connectivity index (χ0n) is 17.6. The van der Waals surface area contributed by atoms with Crippen molar-refractivity contribution in [2.24, 2.45) is 17.6 Å². The van der Waals surface area contributed by atoms with Crippen LogP contribution in [0.15, 0.2) is 29.0 Å². The molecule has 3 aliphatic carbocycles. The molecule has 1 amide bonds. The highest BCUT2D eigenvalue weighted by molar-refractivity contribution is 6.24. The van der Waals surface area contributed by atoms with Crippen molar-refractivity contribution in [3.05, 3.63) is 50.3 Å². The van der Waals surface area contributed by atoms with E-state index in [1.165, 1.54) is 19.0 Å². The molecule has 12 heteroatoms. The number of carbonyl (C=O) groups is 3. The molecule has 1 fully saturated rings. The Labute approximate surface area is 186 Å². The maximum atomic E-state index is 13.6. The van der Waals surface area contributed by atoms with Crippen molar-refractivity contribution in [1.29, 1.82) is 0 Å². The molecule has 6 N–H and O–H groups in total. The van der Waals surface area contributed by atoms with E-state index in [1.54, 1.807) is 0 Å². The van der Waals surface area contributed by atoms with Crippen molar-refractivity contribution in [2.75, 3.05) is 14.1 Å². The van der Waals surface area contributed by atoms with Gasteiger partial charge in [-0.25, -0.2) is 0 Å². The highest BCUT2D eigenvalue weighted by Gasteiger charge is 2.64. The number of amides is 1. The van der Waals surface area contributed by atoms with Gasteiger partial charge in [-0.05, 0) is 38.9 Å². The summed E-state index contributed by atoms with van der Waals surface area (Å²) in [7, 11) is 2.96. The van der Waals surface area contributed by atoms with Crippen LogP contribution in [0.25, 0.3) is 5.76 Å². The summed E-state index contributed by atoms with van der Waals surface area (Å²) in [6, 6.07) is 0.859. The van der Waals surface area contributed by atoms with Gasteiger partial charge < -0.3 is 26.2 Å². The second kappa shape index (κ2) is 7.12. The number of rotatable bonds is 3. The zero-order valence-corrected chi connectivity index (χ0v) is 17.6. The number of nitrogens with zero attached hydrogens (tertiary/aromatic N) is 2.